The Morgan fingerprint density at radius 1 is 1.02 bits per heavy atom. The van der Waals surface area contributed by atoms with Crippen LogP contribution in [-0.4, -0.2) is 89.0 Å². The van der Waals surface area contributed by atoms with Crippen molar-refractivity contribution in [2.45, 2.75) is 76.3 Å². The maximum absolute atomic E-state index is 14.6. The summed E-state index contributed by atoms with van der Waals surface area (Å²) in [6.45, 7) is 5.34. The first-order valence-electron chi connectivity index (χ1n) is 17.6. The first-order chi connectivity index (χ1) is 25.4. The highest BCUT2D eigenvalue weighted by atomic mass is 16.6. The maximum Gasteiger partial charge on any atom is 0.408 e. The fourth-order valence-corrected chi connectivity index (χ4v) is 6.56. The summed E-state index contributed by atoms with van der Waals surface area (Å²) in [6.07, 6.45) is -0.895. The van der Waals surface area contributed by atoms with E-state index in [1.165, 1.54) is 4.90 Å². The van der Waals surface area contributed by atoms with E-state index >= 15 is 0 Å². The van der Waals surface area contributed by atoms with Crippen molar-refractivity contribution in [3.63, 3.8) is 0 Å². The number of benzene rings is 3. The van der Waals surface area contributed by atoms with Crippen LogP contribution in [0.15, 0.2) is 78.9 Å². The summed E-state index contributed by atoms with van der Waals surface area (Å²) in [5, 5.41) is 16.1. The Balaban J connectivity index is 1.37. The molecule has 53 heavy (non-hydrogen) atoms. The molecule has 1 aromatic heterocycles. The largest absolute Gasteiger partial charge is 0.497 e. The van der Waals surface area contributed by atoms with Crippen molar-refractivity contribution in [3.05, 3.63) is 84.4 Å². The topological polar surface area (TPSA) is 166 Å². The number of carboxylic acids is 1. The number of pyridine rings is 1. The predicted molar refractivity (Wildman–Crippen MR) is 196 cm³/mol. The van der Waals surface area contributed by atoms with Crippen LogP contribution in [0.2, 0.25) is 0 Å². The predicted octanol–water partition coefficient (Wildman–Crippen LogP) is 5.14. The molecule has 4 atom stereocenters. The van der Waals surface area contributed by atoms with E-state index in [-0.39, 0.29) is 32.4 Å². The number of nitrogens with zero attached hydrogens (tertiary/aromatic N) is 2. The number of aliphatic carboxylic acids is 1. The van der Waals surface area contributed by atoms with Crippen LogP contribution < -0.4 is 24.8 Å². The molecule has 6 rings (SSSR count). The molecule has 0 radical (unpaired) electrons. The first-order valence-corrected chi connectivity index (χ1v) is 17.6. The summed E-state index contributed by atoms with van der Waals surface area (Å²) in [5.41, 5.74) is 2.01. The van der Waals surface area contributed by atoms with Crippen LogP contribution in [0.25, 0.3) is 22.2 Å². The highest BCUT2D eigenvalue weighted by Gasteiger charge is 2.44. The Labute approximate surface area is 307 Å². The molecule has 3 amide bonds. The summed E-state index contributed by atoms with van der Waals surface area (Å²) in [6, 6.07) is 20.5. The summed E-state index contributed by atoms with van der Waals surface area (Å²) < 4.78 is 23.5. The van der Waals surface area contributed by atoms with Crippen molar-refractivity contribution in [2.24, 2.45) is 0 Å². The smallest absolute Gasteiger partial charge is 0.408 e. The van der Waals surface area contributed by atoms with Gasteiger partial charge in [0.05, 0.1) is 31.5 Å². The molecule has 278 valence electrons. The van der Waals surface area contributed by atoms with Gasteiger partial charge < -0.3 is 39.6 Å². The molecule has 13 heteroatoms. The number of carbonyl (C=O) groups is 4. The summed E-state index contributed by atoms with van der Waals surface area (Å²) in [5.74, 6) is -0.765. The Kier molecular flexibility index (Phi) is 11.0. The standard InChI is InChI=1S/C40H44N4O9/c1-40(2,3)53-39(49)43-33-19-24-10-8-13-27(18-24)51-17-9-14-30(38(47)48)42-36(45)34-21-28(23-44(34)37(33)46)52-35-22-31(25-11-6-5-7-12-25)41-32-20-26(50-4)15-16-29(32)35/h5-8,10-13,15-16,18,20,22,28,30,33-34H,9,14,17,19,21,23H2,1-4H3,(H,42,45)(H,43,49)(H,47,48)/t28-,30?,33-,34+/m1/s1. The van der Waals surface area contributed by atoms with Crippen LogP contribution >= 0.6 is 0 Å². The molecule has 2 aliphatic rings. The molecular formula is C40H44N4O9. The van der Waals surface area contributed by atoms with Gasteiger partial charge in [0.15, 0.2) is 0 Å². The zero-order valence-electron chi connectivity index (χ0n) is 30.2. The van der Waals surface area contributed by atoms with E-state index in [0.717, 1.165) is 5.56 Å². The Hall–Kier alpha value is -5.85. The van der Waals surface area contributed by atoms with Crippen LogP contribution in [-0.2, 0) is 25.5 Å². The quantitative estimate of drug-likeness (QED) is 0.243. The number of rotatable bonds is 6. The molecule has 1 saturated heterocycles. The lowest BCUT2D eigenvalue weighted by atomic mass is 10.0. The second kappa shape index (κ2) is 15.8. The number of amides is 3. The van der Waals surface area contributed by atoms with Gasteiger partial charge in [0, 0.05) is 35.9 Å². The maximum atomic E-state index is 14.6. The van der Waals surface area contributed by atoms with Crippen molar-refractivity contribution in [2.75, 3.05) is 20.3 Å². The average Bonchev–Trinajstić information content (AvgIpc) is 3.55. The Morgan fingerprint density at radius 2 is 1.81 bits per heavy atom. The number of ether oxygens (including phenoxy) is 4. The molecule has 0 saturated carbocycles. The lowest BCUT2D eigenvalue weighted by Crippen LogP contribution is -2.56. The Bertz CT molecular complexity index is 1980. The zero-order chi connectivity index (χ0) is 37.7. The number of fused-ring (bicyclic) bond motifs is 4. The number of hydrogen-bond donors (Lipinski definition) is 3. The van der Waals surface area contributed by atoms with E-state index in [1.54, 1.807) is 52.1 Å². The molecule has 4 aromatic rings. The third-order valence-electron chi connectivity index (χ3n) is 9.04. The van der Waals surface area contributed by atoms with E-state index in [1.807, 2.05) is 54.6 Å². The van der Waals surface area contributed by atoms with E-state index in [2.05, 4.69) is 10.6 Å². The van der Waals surface area contributed by atoms with Gasteiger partial charge in [-0.15, -0.1) is 0 Å². The molecule has 13 nitrogen and oxygen atoms in total. The van der Waals surface area contributed by atoms with Crippen molar-refractivity contribution in [1.29, 1.82) is 0 Å². The number of carbonyl (C=O) groups excluding carboxylic acids is 3. The molecule has 0 spiro atoms. The minimum Gasteiger partial charge on any atom is -0.497 e. The van der Waals surface area contributed by atoms with Gasteiger partial charge in [-0.2, -0.15) is 0 Å². The number of hydrogen-bond acceptors (Lipinski definition) is 9. The summed E-state index contributed by atoms with van der Waals surface area (Å²) in [7, 11) is 1.57. The summed E-state index contributed by atoms with van der Waals surface area (Å²) in [4.78, 5) is 60.2. The molecule has 3 heterocycles. The molecule has 3 N–H and O–H groups in total. The van der Waals surface area contributed by atoms with Gasteiger partial charge in [-0.1, -0.05) is 42.5 Å². The third kappa shape index (κ3) is 9.15. The number of nitrogens with one attached hydrogen (secondary N) is 2. The molecule has 1 unspecified atom stereocenters. The first kappa shape index (κ1) is 36.9. The monoisotopic (exact) mass is 724 g/mol. The van der Waals surface area contributed by atoms with Crippen LogP contribution in [0.3, 0.4) is 0 Å². The summed E-state index contributed by atoms with van der Waals surface area (Å²) >= 11 is 0. The molecule has 2 aliphatic heterocycles. The number of methoxy groups -OCH3 is 1. The van der Waals surface area contributed by atoms with E-state index < -0.39 is 53.7 Å². The average molecular weight is 725 g/mol. The lowest BCUT2D eigenvalue weighted by molar-refractivity contribution is -0.144. The van der Waals surface area contributed by atoms with Crippen LogP contribution in [0.1, 0.15) is 45.6 Å². The minimum atomic E-state index is -1.22. The van der Waals surface area contributed by atoms with Gasteiger partial charge in [0.1, 0.15) is 47.1 Å². The zero-order valence-corrected chi connectivity index (χ0v) is 30.2. The third-order valence-corrected chi connectivity index (χ3v) is 9.04. The number of aromatic nitrogens is 1. The molecular weight excluding hydrogens is 680 g/mol. The second-order valence-corrected chi connectivity index (χ2v) is 14.2. The molecule has 3 aromatic carbocycles. The van der Waals surface area contributed by atoms with Crippen molar-refractivity contribution in [1.82, 2.24) is 20.5 Å². The van der Waals surface area contributed by atoms with E-state index in [4.69, 9.17) is 23.9 Å². The highest BCUT2D eigenvalue weighted by Crippen LogP contribution is 2.35. The second-order valence-electron chi connectivity index (χ2n) is 14.2. The van der Waals surface area contributed by atoms with Gasteiger partial charge >= 0.3 is 12.1 Å². The fourth-order valence-electron chi connectivity index (χ4n) is 6.56. The van der Waals surface area contributed by atoms with Crippen molar-refractivity contribution < 1.29 is 43.2 Å². The SMILES string of the molecule is COc1ccc2c(O[C@@H]3C[C@H]4C(=O)NC(C(=O)O)CCCOc5cccc(c5)C[C@@H](NC(=O)OC(C)(C)C)C(=O)N4C3)cc(-c3ccccc3)nc2c1. The van der Waals surface area contributed by atoms with E-state index in [0.29, 0.717) is 45.8 Å². The van der Waals surface area contributed by atoms with Crippen LogP contribution in [0.4, 0.5) is 4.79 Å². The van der Waals surface area contributed by atoms with Gasteiger partial charge in [0.25, 0.3) is 0 Å². The van der Waals surface area contributed by atoms with Gasteiger partial charge in [0.2, 0.25) is 11.8 Å². The van der Waals surface area contributed by atoms with Crippen LogP contribution in [0, 0.1) is 0 Å². The van der Waals surface area contributed by atoms with E-state index in [9.17, 15) is 24.3 Å². The van der Waals surface area contributed by atoms with Crippen molar-refractivity contribution >= 4 is 34.8 Å². The van der Waals surface area contributed by atoms with Crippen LogP contribution in [0.5, 0.6) is 17.2 Å². The van der Waals surface area contributed by atoms with Gasteiger partial charge in [-0.05, 0) is 63.4 Å². The van der Waals surface area contributed by atoms with Gasteiger partial charge in [-0.3, -0.25) is 9.59 Å². The van der Waals surface area contributed by atoms with Crippen molar-refractivity contribution in [3.8, 4) is 28.5 Å². The Morgan fingerprint density at radius 3 is 2.55 bits per heavy atom. The molecule has 0 aliphatic carbocycles. The minimum absolute atomic E-state index is 0.0229. The number of alkyl carbamates (subject to hydrolysis) is 1. The molecule has 2 bridgehead atoms. The van der Waals surface area contributed by atoms with Gasteiger partial charge in [-0.25, -0.2) is 14.6 Å². The normalized spacial score (nSPS) is 20.9. The molecule has 1 fully saturated rings. The lowest BCUT2D eigenvalue weighted by Gasteiger charge is -2.30. The number of carboxylic acid groups (broad SMARTS) is 1. The fraction of sp³-hybridized carbons (Fsp3) is 0.375. The highest BCUT2D eigenvalue weighted by molar-refractivity contribution is 5.94.